The minimum absolute atomic E-state index is 0.144. The summed E-state index contributed by atoms with van der Waals surface area (Å²) in [7, 11) is 0. The number of rotatable bonds is 3. The van der Waals surface area contributed by atoms with E-state index in [0.717, 1.165) is 28.1 Å². The summed E-state index contributed by atoms with van der Waals surface area (Å²) in [5.74, 6) is -0.144. The molecule has 3 aromatic carbocycles. The third-order valence-corrected chi connectivity index (χ3v) is 4.28. The summed E-state index contributed by atoms with van der Waals surface area (Å²) in [6.45, 7) is 0. The highest BCUT2D eigenvalue weighted by molar-refractivity contribution is 6.31. The number of fused-ring (bicyclic) bond motifs is 1. The molecule has 4 nitrogen and oxygen atoms in total. The fraction of sp³-hybridized carbons (Fsp3) is 0. The summed E-state index contributed by atoms with van der Waals surface area (Å²) >= 11 is 0. The number of carbonyl (C=O) groups is 1. The molecule has 4 rings (SSSR count). The molecule has 26 heavy (non-hydrogen) atoms. The number of carbonyl (C=O) groups excluding carboxylic acids is 1. The lowest BCUT2D eigenvalue weighted by molar-refractivity contribution is -0.110. The van der Waals surface area contributed by atoms with Gasteiger partial charge in [0.15, 0.2) is 0 Å². The molecule has 1 heterocycles. The van der Waals surface area contributed by atoms with E-state index >= 15 is 0 Å². The average molecular weight is 337 g/mol. The van der Waals surface area contributed by atoms with Gasteiger partial charge in [0.05, 0.1) is 17.2 Å². The first-order valence-corrected chi connectivity index (χ1v) is 8.23. The highest BCUT2D eigenvalue weighted by atomic mass is 16.2. The molecule has 3 aromatic rings. The third-order valence-electron chi connectivity index (χ3n) is 4.28. The van der Waals surface area contributed by atoms with Crippen molar-refractivity contribution in [3.05, 3.63) is 90.1 Å². The van der Waals surface area contributed by atoms with Crippen molar-refractivity contribution in [1.82, 2.24) is 0 Å². The molecule has 0 atom stereocenters. The lowest BCUT2D eigenvalue weighted by Crippen LogP contribution is -2.05. The second kappa shape index (κ2) is 6.58. The summed E-state index contributed by atoms with van der Waals surface area (Å²) < 4.78 is 0. The van der Waals surface area contributed by atoms with Crippen LogP contribution in [0.2, 0.25) is 0 Å². The molecule has 0 aliphatic carbocycles. The lowest BCUT2D eigenvalue weighted by Gasteiger charge is -2.05. The van der Waals surface area contributed by atoms with E-state index in [1.54, 1.807) is 24.4 Å². The predicted molar refractivity (Wildman–Crippen MR) is 103 cm³/mol. The molecule has 0 radical (unpaired) electrons. The maximum atomic E-state index is 12.4. The van der Waals surface area contributed by atoms with Crippen molar-refractivity contribution >= 4 is 22.9 Å². The van der Waals surface area contributed by atoms with Gasteiger partial charge in [-0.05, 0) is 35.4 Å². The zero-order valence-corrected chi connectivity index (χ0v) is 13.9. The van der Waals surface area contributed by atoms with Crippen molar-refractivity contribution in [1.29, 1.82) is 5.26 Å². The van der Waals surface area contributed by atoms with Gasteiger partial charge in [0.2, 0.25) is 0 Å². The normalized spacial score (nSPS) is 13.8. The lowest BCUT2D eigenvalue weighted by atomic mass is 10.0. The monoisotopic (exact) mass is 337 g/mol. The van der Waals surface area contributed by atoms with E-state index in [0.29, 0.717) is 11.1 Å². The third kappa shape index (κ3) is 2.94. The number of nitrogens with one attached hydrogen (secondary N) is 2. The van der Waals surface area contributed by atoms with Crippen LogP contribution in [0.15, 0.2) is 79.0 Å². The molecule has 0 saturated carbocycles. The maximum absolute atomic E-state index is 12.4. The van der Waals surface area contributed by atoms with Gasteiger partial charge in [-0.25, -0.2) is 0 Å². The van der Waals surface area contributed by atoms with Crippen LogP contribution in [0.5, 0.6) is 0 Å². The average Bonchev–Trinajstić information content (AvgIpc) is 3.01. The minimum atomic E-state index is -0.144. The van der Waals surface area contributed by atoms with Crippen molar-refractivity contribution in [2.24, 2.45) is 0 Å². The second-order valence-electron chi connectivity index (χ2n) is 5.98. The van der Waals surface area contributed by atoms with Gasteiger partial charge in [-0.2, -0.15) is 5.26 Å². The van der Waals surface area contributed by atoms with Crippen LogP contribution in [0, 0.1) is 11.3 Å². The van der Waals surface area contributed by atoms with Gasteiger partial charge in [0.1, 0.15) is 0 Å². The van der Waals surface area contributed by atoms with Crippen LogP contribution < -0.4 is 10.6 Å². The Hall–Kier alpha value is -3.84. The van der Waals surface area contributed by atoms with Gasteiger partial charge in [-0.15, -0.1) is 0 Å². The fourth-order valence-electron chi connectivity index (χ4n) is 2.98. The van der Waals surface area contributed by atoms with E-state index in [2.05, 4.69) is 16.7 Å². The van der Waals surface area contributed by atoms with Crippen molar-refractivity contribution < 1.29 is 4.79 Å². The van der Waals surface area contributed by atoms with Crippen molar-refractivity contribution in [2.75, 3.05) is 10.6 Å². The van der Waals surface area contributed by atoms with E-state index in [-0.39, 0.29) is 5.91 Å². The van der Waals surface area contributed by atoms with Gasteiger partial charge in [-0.1, -0.05) is 48.5 Å². The summed E-state index contributed by atoms with van der Waals surface area (Å²) in [5.41, 5.74) is 5.72. The van der Waals surface area contributed by atoms with E-state index < -0.39 is 0 Å². The van der Waals surface area contributed by atoms with Gasteiger partial charge in [0, 0.05) is 23.1 Å². The van der Waals surface area contributed by atoms with Gasteiger partial charge in [0.25, 0.3) is 5.91 Å². The molecule has 1 amide bonds. The number of nitrogens with zero attached hydrogens (tertiary/aromatic N) is 1. The highest BCUT2D eigenvalue weighted by Gasteiger charge is 2.24. The molecule has 0 saturated heterocycles. The molecule has 4 heteroatoms. The Balaban J connectivity index is 1.64. The number of anilines is 2. The van der Waals surface area contributed by atoms with E-state index in [9.17, 15) is 4.79 Å². The SMILES string of the molecule is N#Cc1cccc(NC=C2C(=O)Nc3cc(-c4ccccc4)ccc32)c1. The number of hydrogen-bond acceptors (Lipinski definition) is 3. The zero-order valence-electron chi connectivity index (χ0n) is 13.9. The first-order valence-electron chi connectivity index (χ1n) is 8.23. The van der Waals surface area contributed by atoms with Crippen molar-refractivity contribution in [2.45, 2.75) is 0 Å². The smallest absolute Gasteiger partial charge is 0.257 e. The van der Waals surface area contributed by atoms with E-state index in [1.807, 2.05) is 54.6 Å². The number of benzene rings is 3. The molecule has 124 valence electrons. The first-order chi connectivity index (χ1) is 12.7. The Kier molecular flexibility index (Phi) is 3.97. The highest BCUT2D eigenvalue weighted by Crippen LogP contribution is 2.35. The molecule has 2 N–H and O–H groups in total. The molecular formula is C22H15N3O. The Morgan fingerprint density at radius 1 is 0.923 bits per heavy atom. The maximum Gasteiger partial charge on any atom is 0.257 e. The number of amides is 1. The predicted octanol–water partition coefficient (Wildman–Crippen LogP) is 4.63. The molecule has 0 bridgehead atoms. The summed E-state index contributed by atoms with van der Waals surface area (Å²) in [6.07, 6.45) is 1.68. The minimum Gasteiger partial charge on any atom is -0.361 e. The second-order valence-corrected chi connectivity index (χ2v) is 5.98. The van der Waals surface area contributed by atoms with Crippen LogP contribution in [0.25, 0.3) is 16.7 Å². The largest absolute Gasteiger partial charge is 0.361 e. The van der Waals surface area contributed by atoms with Gasteiger partial charge in [-0.3, -0.25) is 4.79 Å². The van der Waals surface area contributed by atoms with Crippen LogP contribution in [0.4, 0.5) is 11.4 Å². The Bertz CT molecular complexity index is 1060. The number of nitriles is 1. The van der Waals surface area contributed by atoms with Crippen molar-refractivity contribution in [3.8, 4) is 17.2 Å². The van der Waals surface area contributed by atoms with Crippen molar-refractivity contribution in [3.63, 3.8) is 0 Å². The van der Waals surface area contributed by atoms with Gasteiger partial charge >= 0.3 is 0 Å². The summed E-state index contributed by atoms with van der Waals surface area (Å²) in [6, 6.07) is 25.2. The van der Waals surface area contributed by atoms with Gasteiger partial charge < -0.3 is 10.6 Å². The van der Waals surface area contributed by atoms with Crippen LogP contribution in [0.3, 0.4) is 0 Å². The van der Waals surface area contributed by atoms with E-state index in [4.69, 9.17) is 5.26 Å². The van der Waals surface area contributed by atoms with Crippen LogP contribution >= 0.6 is 0 Å². The molecule has 0 fully saturated rings. The molecule has 1 aliphatic rings. The Labute approximate surface area is 151 Å². The Morgan fingerprint density at radius 2 is 1.77 bits per heavy atom. The first kappa shape index (κ1) is 15.7. The number of hydrogen-bond donors (Lipinski definition) is 2. The van der Waals surface area contributed by atoms with Crippen LogP contribution in [-0.2, 0) is 4.79 Å². The quantitative estimate of drug-likeness (QED) is 0.685. The molecule has 0 unspecified atom stereocenters. The standard InChI is InChI=1S/C22H15N3O/c23-13-15-5-4-8-18(11-15)24-14-20-19-10-9-17(12-21(19)25-22(20)26)16-6-2-1-3-7-16/h1-12,14,24H,(H,25,26). The Morgan fingerprint density at radius 3 is 2.58 bits per heavy atom. The molecule has 0 aromatic heterocycles. The molecule has 1 aliphatic heterocycles. The molecular weight excluding hydrogens is 322 g/mol. The fourth-order valence-corrected chi connectivity index (χ4v) is 2.98. The zero-order chi connectivity index (χ0) is 17.9. The summed E-state index contributed by atoms with van der Waals surface area (Å²) in [4.78, 5) is 12.4. The van der Waals surface area contributed by atoms with Crippen LogP contribution in [0.1, 0.15) is 11.1 Å². The summed E-state index contributed by atoms with van der Waals surface area (Å²) in [5, 5.41) is 15.0. The van der Waals surface area contributed by atoms with Crippen LogP contribution in [-0.4, -0.2) is 5.91 Å². The van der Waals surface area contributed by atoms with E-state index in [1.165, 1.54) is 0 Å². The topological polar surface area (TPSA) is 64.9 Å². The molecule has 0 spiro atoms.